The molecule has 0 unspecified atom stereocenters. The maximum Gasteiger partial charge on any atom is 0.243 e. The number of hydrogen-bond donors (Lipinski definition) is 0. The van der Waals surface area contributed by atoms with Crippen molar-refractivity contribution in [1.29, 1.82) is 5.26 Å². The molecule has 0 saturated carbocycles. The molecule has 1 fully saturated rings. The van der Waals surface area contributed by atoms with Crippen LogP contribution in [-0.4, -0.2) is 42.1 Å². The van der Waals surface area contributed by atoms with E-state index in [1.807, 2.05) is 13.0 Å². The monoisotopic (exact) mass is 358 g/mol. The molecule has 0 amide bonds. The second-order valence-electron chi connectivity index (χ2n) is 5.89. The van der Waals surface area contributed by atoms with E-state index < -0.39 is 10.0 Å². The van der Waals surface area contributed by atoms with E-state index in [2.05, 4.69) is 10.2 Å². The Morgan fingerprint density at radius 2 is 1.96 bits per heavy atom. The van der Waals surface area contributed by atoms with Gasteiger partial charge in [-0.15, -0.1) is 5.10 Å². The Hall–Kier alpha value is -2.50. The average molecular weight is 358 g/mol. The van der Waals surface area contributed by atoms with Crippen molar-refractivity contribution in [3.8, 4) is 11.9 Å². The highest BCUT2D eigenvalue weighted by molar-refractivity contribution is 7.89. The first-order chi connectivity index (χ1) is 12.0. The molecule has 0 aliphatic carbocycles. The molecule has 25 heavy (non-hydrogen) atoms. The maximum atomic E-state index is 12.8. The van der Waals surface area contributed by atoms with Gasteiger partial charge in [-0.1, -0.05) is 0 Å². The largest absolute Gasteiger partial charge is 0.472 e. The molecule has 7 nitrogen and oxygen atoms in total. The van der Waals surface area contributed by atoms with Gasteiger partial charge in [-0.25, -0.2) is 8.42 Å². The summed E-state index contributed by atoms with van der Waals surface area (Å²) >= 11 is 0. The predicted octanol–water partition coefficient (Wildman–Crippen LogP) is 1.89. The van der Waals surface area contributed by atoms with Crippen LogP contribution in [0.1, 0.15) is 24.1 Å². The zero-order valence-electron chi connectivity index (χ0n) is 13.8. The average Bonchev–Trinajstić information content (AvgIpc) is 2.64. The Morgan fingerprint density at radius 3 is 2.60 bits per heavy atom. The summed E-state index contributed by atoms with van der Waals surface area (Å²) in [5.41, 5.74) is 1.22. The van der Waals surface area contributed by atoms with Crippen LogP contribution in [0.4, 0.5) is 0 Å². The van der Waals surface area contributed by atoms with Gasteiger partial charge >= 0.3 is 0 Å². The Morgan fingerprint density at radius 1 is 1.20 bits per heavy atom. The highest BCUT2D eigenvalue weighted by Crippen LogP contribution is 2.23. The molecule has 1 aliphatic heterocycles. The van der Waals surface area contributed by atoms with Crippen LogP contribution in [0.3, 0.4) is 0 Å². The van der Waals surface area contributed by atoms with Gasteiger partial charge < -0.3 is 4.74 Å². The van der Waals surface area contributed by atoms with Crippen molar-refractivity contribution < 1.29 is 13.2 Å². The van der Waals surface area contributed by atoms with Gasteiger partial charge in [-0.2, -0.15) is 14.7 Å². The SMILES string of the molecule is Cc1ccc(O[C@@H]2CCCN(S(=O)(=O)c3ccc(C#N)cc3)C2)nn1. The van der Waals surface area contributed by atoms with Gasteiger partial charge in [0.15, 0.2) is 0 Å². The molecular weight excluding hydrogens is 340 g/mol. The minimum absolute atomic E-state index is 0.183. The van der Waals surface area contributed by atoms with Crippen molar-refractivity contribution in [2.24, 2.45) is 0 Å². The minimum atomic E-state index is -3.61. The number of benzene rings is 1. The number of hydrogen-bond acceptors (Lipinski definition) is 6. The van der Waals surface area contributed by atoms with E-state index in [0.717, 1.165) is 12.1 Å². The van der Waals surface area contributed by atoms with Crippen LogP contribution < -0.4 is 4.74 Å². The lowest BCUT2D eigenvalue weighted by atomic mass is 10.1. The Kier molecular flexibility index (Phi) is 4.97. The summed E-state index contributed by atoms with van der Waals surface area (Å²) in [5.74, 6) is 0.397. The van der Waals surface area contributed by atoms with E-state index in [1.165, 1.54) is 28.6 Å². The third-order valence-electron chi connectivity index (χ3n) is 4.02. The van der Waals surface area contributed by atoms with Gasteiger partial charge in [0.1, 0.15) is 6.10 Å². The highest BCUT2D eigenvalue weighted by atomic mass is 32.2. The Bertz CT molecular complexity index is 874. The molecule has 3 rings (SSSR count). The standard InChI is InChI=1S/C17H18N4O3S/c1-13-4-9-17(20-19-13)24-15-3-2-10-21(12-15)25(22,23)16-7-5-14(11-18)6-8-16/h4-9,15H,2-3,10,12H2,1H3/t15-/m1/s1. The molecule has 8 heteroatoms. The smallest absolute Gasteiger partial charge is 0.243 e. The van der Waals surface area contributed by atoms with Crippen LogP contribution in [0.2, 0.25) is 0 Å². The molecule has 2 aromatic rings. The molecule has 2 heterocycles. The van der Waals surface area contributed by atoms with E-state index in [1.54, 1.807) is 12.1 Å². The first-order valence-corrected chi connectivity index (χ1v) is 9.40. The molecule has 1 saturated heterocycles. The van der Waals surface area contributed by atoms with E-state index in [0.29, 0.717) is 24.4 Å². The first-order valence-electron chi connectivity index (χ1n) is 7.96. The second kappa shape index (κ2) is 7.17. The van der Waals surface area contributed by atoms with Crippen molar-refractivity contribution >= 4 is 10.0 Å². The van der Waals surface area contributed by atoms with Gasteiger partial charge in [0.2, 0.25) is 15.9 Å². The van der Waals surface area contributed by atoms with E-state index in [-0.39, 0.29) is 17.5 Å². The van der Waals surface area contributed by atoms with Crippen LogP contribution in [0.5, 0.6) is 5.88 Å². The summed E-state index contributed by atoms with van der Waals surface area (Å²) in [5, 5.41) is 16.7. The second-order valence-corrected chi connectivity index (χ2v) is 7.83. The maximum absolute atomic E-state index is 12.8. The van der Waals surface area contributed by atoms with Gasteiger partial charge in [-0.3, -0.25) is 0 Å². The predicted molar refractivity (Wildman–Crippen MR) is 90.3 cm³/mol. The van der Waals surface area contributed by atoms with Crippen LogP contribution in [0.15, 0.2) is 41.3 Å². The van der Waals surface area contributed by atoms with E-state index in [4.69, 9.17) is 10.00 Å². The number of piperidine rings is 1. The number of nitrogens with zero attached hydrogens (tertiary/aromatic N) is 4. The molecule has 1 aromatic heterocycles. The summed E-state index contributed by atoms with van der Waals surface area (Å²) < 4.78 is 32.8. The molecule has 130 valence electrons. The number of aromatic nitrogens is 2. The Balaban J connectivity index is 1.73. The van der Waals surface area contributed by atoms with Crippen LogP contribution in [0, 0.1) is 18.3 Å². The summed E-state index contributed by atoms with van der Waals surface area (Å²) in [4.78, 5) is 0.183. The molecule has 1 aliphatic rings. The van der Waals surface area contributed by atoms with Gasteiger partial charge in [0, 0.05) is 12.6 Å². The fourth-order valence-electron chi connectivity index (χ4n) is 2.69. The highest BCUT2D eigenvalue weighted by Gasteiger charge is 2.31. The molecule has 0 spiro atoms. The molecule has 0 bridgehead atoms. The first kappa shape index (κ1) is 17.3. The van der Waals surface area contributed by atoms with Crippen molar-refractivity contribution in [2.75, 3.05) is 13.1 Å². The fraction of sp³-hybridized carbons (Fsp3) is 0.353. The zero-order chi connectivity index (χ0) is 17.9. The summed E-state index contributed by atoms with van der Waals surface area (Å²) in [6, 6.07) is 11.5. The molecule has 1 atom stereocenters. The normalized spacial score (nSPS) is 18.5. The topological polar surface area (TPSA) is 96.2 Å². The van der Waals surface area contributed by atoms with Crippen molar-refractivity contribution in [3.63, 3.8) is 0 Å². The number of ether oxygens (including phenoxy) is 1. The van der Waals surface area contributed by atoms with Crippen LogP contribution in [-0.2, 0) is 10.0 Å². The molecule has 0 N–H and O–H groups in total. The third-order valence-corrected chi connectivity index (χ3v) is 5.90. The van der Waals surface area contributed by atoms with Gasteiger partial charge in [0.05, 0.1) is 28.8 Å². The number of sulfonamides is 1. The van der Waals surface area contributed by atoms with Crippen LogP contribution >= 0.6 is 0 Å². The van der Waals surface area contributed by atoms with E-state index >= 15 is 0 Å². The quantitative estimate of drug-likeness (QED) is 0.828. The Labute approximate surface area is 146 Å². The number of rotatable bonds is 4. The molecular formula is C17H18N4O3S. The summed E-state index contributed by atoms with van der Waals surface area (Å²) in [6.07, 6.45) is 1.20. The van der Waals surface area contributed by atoms with E-state index in [9.17, 15) is 8.42 Å². The third kappa shape index (κ3) is 3.95. The van der Waals surface area contributed by atoms with Gasteiger partial charge in [0.25, 0.3) is 0 Å². The van der Waals surface area contributed by atoms with Gasteiger partial charge in [-0.05, 0) is 50.1 Å². The fourth-order valence-corrected chi connectivity index (χ4v) is 4.20. The lowest BCUT2D eigenvalue weighted by molar-refractivity contribution is 0.123. The lowest BCUT2D eigenvalue weighted by Gasteiger charge is -2.31. The lowest BCUT2D eigenvalue weighted by Crippen LogP contribution is -2.44. The van der Waals surface area contributed by atoms with Crippen molar-refractivity contribution in [3.05, 3.63) is 47.7 Å². The molecule has 1 aromatic carbocycles. The zero-order valence-corrected chi connectivity index (χ0v) is 14.6. The van der Waals surface area contributed by atoms with Crippen molar-refractivity contribution in [2.45, 2.75) is 30.8 Å². The minimum Gasteiger partial charge on any atom is -0.472 e. The molecule has 0 radical (unpaired) electrons. The summed E-state index contributed by atoms with van der Waals surface area (Å²) in [6.45, 7) is 2.54. The van der Waals surface area contributed by atoms with Crippen LogP contribution in [0.25, 0.3) is 0 Å². The van der Waals surface area contributed by atoms with Crippen molar-refractivity contribution in [1.82, 2.24) is 14.5 Å². The summed E-state index contributed by atoms with van der Waals surface area (Å²) in [7, 11) is -3.61. The number of nitriles is 1. The number of aryl methyl sites for hydroxylation is 1.